The van der Waals surface area contributed by atoms with E-state index in [-0.39, 0.29) is 37.5 Å². The van der Waals surface area contributed by atoms with Crippen molar-refractivity contribution >= 4 is 17.9 Å². The van der Waals surface area contributed by atoms with E-state index in [1.807, 2.05) is 79.0 Å². The average molecular weight is 915 g/mol. The summed E-state index contributed by atoms with van der Waals surface area (Å²) in [6.07, 6.45) is 72.2. The molecule has 0 aliphatic heterocycles. The fourth-order valence-corrected chi connectivity index (χ4v) is 7.18. The Hall–Kier alpha value is -3.93. The van der Waals surface area contributed by atoms with Gasteiger partial charge in [0.2, 0.25) is 0 Å². The van der Waals surface area contributed by atoms with Gasteiger partial charge in [-0.1, -0.05) is 265 Å². The highest BCUT2D eigenvalue weighted by Crippen LogP contribution is 2.15. The predicted molar refractivity (Wildman–Crippen MR) is 283 cm³/mol. The van der Waals surface area contributed by atoms with Crippen LogP contribution in [-0.2, 0) is 28.6 Å². The minimum atomic E-state index is -0.819. The Bertz CT molecular complexity index is 1370. The van der Waals surface area contributed by atoms with E-state index in [1.165, 1.54) is 122 Å². The molecule has 0 aromatic heterocycles. The van der Waals surface area contributed by atoms with Crippen molar-refractivity contribution in [3.8, 4) is 0 Å². The maximum atomic E-state index is 12.8. The molecule has 0 saturated carbocycles. The molecule has 6 heteroatoms. The summed E-state index contributed by atoms with van der Waals surface area (Å²) in [4.78, 5) is 38.0. The zero-order valence-electron chi connectivity index (χ0n) is 42.7. The molecule has 0 radical (unpaired) electrons. The van der Waals surface area contributed by atoms with Gasteiger partial charge >= 0.3 is 17.9 Å². The van der Waals surface area contributed by atoms with E-state index < -0.39 is 6.10 Å². The van der Waals surface area contributed by atoms with Gasteiger partial charge in [-0.15, -0.1) is 0 Å². The number of unbranched alkanes of at least 4 members (excludes halogenated alkanes) is 24. The molecule has 0 fully saturated rings. The zero-order valence-corrected chi connectivity index (χ0v) is 42.7. The number of carbonyl (C=O) groups is 3. The number of hydrogen-bond donors (Lipinski definition) is 0. The molecule has 1 unspecified atom stereocenters. The smallest absolute Gasteiger partial charge is 0.306 e. The molecule has 374 valence electrons. The van der Waals surface area contributed by atoms with E-state index in [2.05, 4.69) is 51.2 Å². The lowest BCUT2D eigenvalue weighted by atomic mass is 10.0. The summed E-state index contributed by atoms with van der Waals surface area (Å²) in [7, 11) is 0. The molecule has 0 N–H and O–H groups in total. The van der Waals surface area contributed by atoms with Crippen LogP contribution in [0.4, 0.5) is 0 Å². The van der Waals surface area contributed by atoms with Crippen molar-refractivity contribution in [1.82, 2.24) is 0 Å². The van der Waals surface area contributed by atoms with Gasteiger partial charge < -0.3 is 14.2 Å². The van der Waals surface area contributed by atoms with Gasteiger partial charge in [0.15, 0.2) is 6.10 Å². The van der Waals surface area contributed by atoms with Crippen LogP contribution >= 0.6 is 0 Å². The van der Waals surface area contributed by atoms with Gasteiger partial charge in [0.05, 0.1) is 0 Å². The molecule has 0 spiro atoms. The molecule has 0 heterocycles. The van der Waals surface area contributed by atoms with Crippen molar-refractivity contribution in [2.24, 2.45) is 0 Å². The van der Waals surface area contributed by atoms with Gasteiger partial charge in [-0.3, -0.25) is 14.4 Å². The molecular weight excluding hydrogens is 817 g/mol. The molecule has 0 aromatic carbocycles. The molecule has 66 heavy (non-hydrogen) atoms. The largest absolute Gasteiger partial charge is 0.462 e. The molecule has 0 amide bonds. The quantitative estimate of drug-likeness (QED) is 0.0199. The van der Waals surface area contributed by atoms with Crippen molar-refractivity contribution in [2.45, 2.75) is 239 Å². The first kappa shape index (κ1) is 62.1. The van der Waals surface area contributed by atoms with Crippen LogP contribution in [0.25, 0.3) is 0 Å². The standard InChI is InChI=1S/C60H98O6/c1-4-7-10-13-16-19-22-25-27-29-30-31-33-35-38-41-44-47-50-53-59(62)65-56-57(55-64-58(61)52-49-46-43-40-37-34-24-21-18-15-12-9-6-3)66-60(63)54-51-48-45-42-39-36-32-28-26-23-20-17-14-11-8-5-2/h7,10,13,16,19,22,25,27,29-31,33-35,37-38,43,46,57H,4-6,8-9,11-12,14-15,17-18,20-21,23-24,26,28,32,36,39-42,44-45,47-56H2,1-3H3/b10-7+,16-13+,22-19+,27-25+,30-29+,33-31+,37-34+,38-35+,46-43+. The summed E-state index contributed by atoms with van der Waals surface area (Å²) >= 11 is 0. The Kier molecular flexibility index (Phi) is 50.5. The minimum Gasteiger partial charge on any atom is -0.462 e. The molecule has 1 atom stereocenters. The Balaban J connectivity index is 4.54. The molecule has 0 rings (SSSR count). The number of hydrogen-bond acceptors (Lipinski definition) is 6. The normalized spacial score (nSPS) is 13.0. The van der Waals surface area contributed by atoms with Gasteiger partial charge in [-0.25, -0.2) is 0 Å². The lowest BCUT2D eigenvalue weighted by Crippen LogP contribution is -2.30. The van der Waals surface area contributed by atoms with Crippen molar-refractivity contribution in [3.63, 3.8) is 0 Å². The van der Waals surface area contributed by atoms with E-state index in [0.717, 1.165) is 64.2 Å². The molecule has 0 saturated heterocycles. The van der Waals surface area contributed by atoms with E-state index >= 15 is 0 Å². The van der Waals surface area contributed by atoms with E-state index in [1.54, 1.807) is 0 Å². The number of carbonyl (C=O) groups excluding carboxylic acids is 3. The van der Waals surface area contributed by atoms with Gasteiger partial charge in [0.1, 0.15) is 13.2 Å². The summed E-state index contributed by atoms with van der Waals surface area (Å²) in [6.45, 7) is 6.39. The maximum absolute atomic E-state index is 12.8. The highest BCUT2D eigenvalue weighted by atomic mass is 16.6. The highest BCUT2D eigenvalue weighted by Gasteiger charge is 2.19. The molecule has 0 aliphatic carbocycles. The summed E-state index contributed by atoms with van der Waals surface area (Å²) in [5.41, 5.74) is 0. The average Bonchev–Trinajstić information content (AvgIpc) is 3.31. The topological polar surface area (TPSA) is 78.9 Å². The van der Waals surface area contributed by atoms with Crippen LogP contribution < -0.4 is 0 Å². The number of esters is 3. The van der Waals surface area contributed by atoms with Gasteiger partial charge in [0.25, 0.3) is 0 Å². The second-order valence-corrected chi connectivity index (χ2v) is 17.6. The second-order valence-electron chi connectivity index (χ2n) is 17.6. The second kappa shape index (κ2) is 53.7. The van der Waals surface area contributed by atoms with E-state index in [9.17, 15) is 14.4 Å². The fraction of sp³-hybridized carbons (Fsp3) is 0.650. The van der Waals surface area contributed by atoms with Crippen molar-refractivity contribution < 1.29 is 28.6 Å². The molecule has 0 bridgehead atoms. The molecule has 6 nitrogen and oxygen atoms in total. The minimum absolute atomic E-state index is 0.119. The van der Waals surface area contributed by atoms with Crippen LogP contribution in [0, 0.1) is 0 Å². The van der Waals surface area contributed by atoms with E-state index in [0.29, 0.717) is 19.3 Å². The number of ether oxygens (including phenoxy) is 3. The van der Waals surface area contributed by atoms with Crippen LogP contribution in [0.1, 0.15) is 233 Å². The third-order valence-electron chi connectivity index (χ3n) is 11.2. The van der Waals surface area contributed by atoms with Crippen molar-refractivity contribution in [2.75, 3.05) is 13.2 Å². The third-order valence-corrected chi connectivity index (χ3v) is 11.2. The predicted octanol–water partition coefficient (Wildman–Crippen LogP) is 17.9. The van der Waals surface area contributed by atoms with Gasteiger partial charge in [-0.2, -0.15) is 0 Å². The number of rotatable bonds is 47. The monoisotopic (exact) mass is 915 g/mol. The van der Waals surface area contributed by atoms with Gasteiger partial charge in [0, 0.05) is 19.3 Å². The molecule has 0 aromatic rings. The van der Waals surface area contributed by atoms with Crippen LogP contribution in [0.2, 0.25) is 0 Å². The zero-order chi connectivity index (χ0) is 47.9. The van der Waals surface area contributed by atoms with E-state index in [4.69, 9.17) is 14.2 Å². The Morgan fingerprint density at radius 1 is 0.333 bits per heavy atom. The lowest BCUT2D eigenvalue weighted by Gasteiger charge is -2.18. The maximum Gasteiger partial charge on any atom is 0.306 e. The molecular formula is C60H98O6. The number of allylic oxidation sites excluding steroid dienone is 18. The SMILES string of the molecule is CC/C=C/C=C/C=C/C=C/C=C/C=C/C=C/CCCCCC(=O)OCC(COC(=O)CC/C=C/C/C=C/CCCCCCCC)OC(=O)CCCCCCCCCCCCCCCCCC. The summed E-state index contributed by atoms with van der Waals surface area (Å²) in [5, 5.41) is 0. The lowest BCUT2D eigenvalue weighted by molar-refractivity contribution is -0.166. The van der Waals surface area contributed by atoms with Crippen molar-refractivity contribution in [3.05, 3.63) is 109 Å². The first-order chi connectivity index (χ1) is 32.5. The highest BCUT2D eigenvalue weighted by molar-refractivity contribution is 5.71. The van der Waals surface area contributed by atoms with Crippen LogP contribution in [0.5, 0.6) is 0 Å². The third kappa shape index (κ3) is 51.1. The Morgan fingerprint density at radius 3 is 1.15 bits per heavy atom. The summed E-state index contributed by atoms with van der Waals surface area (Å²) in [6, 6.07) is 0. The van der Waals surface area contributed by atoms with Gasteiger partial charge in [-0.05, 0) is 57.8 Å². The Morgan fingerprint density at radius 2 is 0.682 bits per heavy atom. The fourth-order valence-electron chi connectivity index (χ4n) is 7.18. The van der Waals surface area contributed by atoms with Crippen molar-refractivity contribution in [1.29, 1.82) is 0 Å². The van der Waals surface area contributed by atoms with Crippen LogP contribution in [-0.4, -0.2) is 37.2 Å². The first-order valence-corrected chi connectivity index (χ1v) is 27.0. The Labute approximate surface area is 406 Å². The van der Waals surface area contributed by atoms with Crippen LogP contribution in [0.15, 0.2) is 109 Å². The summed E-state index contributed by atoms with van der Waals surface area (Å²) in [5.74, 6) is -1.03. The first-order valence-electron chi connectivity index (χ1n) is 27.0. The molecule has 0 aliphatic rings. The van der Waals surface area contributed by atoms with Crippen LogP contribution in [0.3, 0.4) is 0 Å². The summed E-state index contributed by atoms with van der Waals surface area (Å²) < 4.78 is 16.7.